The van der Waals surface area contributed by atoms with Crippen LogP contribution in [0.2, 0.25) is 0 Å². The molecule has 1 aliphatic rings. The Morgan fingerprint density at radius 1 is 1.10 bits per heavy atom. The summed E-state index contributed by atoms with van der Waals surface area (Å²) in [6.45, 7) is 10.4. The van der Waals surface area contributed by atoms with Crippen molar-refractivity contribution >= 4 is 5.91 Å². The number of hydrogen-bond donors (Lipinski definition) is 1. The molecule has 1 aromatic carbocycles. The van der Waals surface area contributed by atoms with Crippen molar-refractivity contribution in [2.24, 2.45) is 0 Å². The Morgan fingerprint density at radius 2 is 1.73 bits per heavy atom. The van der Waals surface area contributed by atoms with Gasteiger partial charge in [-0.1, -0.05) is 44.2 Å². The van der Waals surface area contributed by atoms with E-state index in [4.69, 9.17) is 4.42 Å². The Balaban J connectivity index is 1.47. The summed E-state index contributed by atoms with van der Waals surface area (Å²) in [5, 5.41) is 10.4. The van der Waals surface area contributed by atoms with Crippen LogP contribution in [-0.2, 0) is 6.54 Å². The third-order valence-electron chi connectivity index (χ3n) is 5.48. The zero-order valence-electron chi connectivity index (χ0n) is 18.2. The number of piperazine rings is 1. The Kier molecular flexibility index (Phi) is 8.42. The molecule has 1 fully saturated rings. The standard InChI is InChI=1S/C23H34N4O3/c1-3-10-27(11-4-2)23(29)20-18-30-22(24-20)17-26-14-12-25(13-15-26)16-21(28)19-8-6-5-7-9-19/h5-9,18,21,28H,3-4,10-17H2,1-2H3/t21-/m1/s1. The highest BCUT2D eigenvalue weighted by Gasteiger charge is 2.23. The lowest BCUT2D eigenvalue weighted by molar-refractivity contribution is 0.0671. The molecule has 0 unspecified atom stereocenters. The van der Waals surface area contributed by atoms with Gasteiger partial charge in [0.2, 0.25) is 5.89 Å². The first-order valence-corrected chi connectivity index (χ1v) is 11.0. The first kappa shape index (κ1) is 22.5. The van der Waals surface area contributed by atoms with E-state index in [1.165, 1.54) is 6.26 Å². The van der Waals surface area contributed by atoms with E-state index in [0.29, 0.717) is 24.7 Å². The predicted molar refractivity (Wildman–Crippen MR) is 116 cm³/mol. The summed E-state index contributed by atoms with van der Waals surface area (Å²) in [6, 6.07) is 9.79. The minimum Gasteiger partial charge on any atom is -0.447 e. The molecule has 1 amide bonds. The van der Waals surface area contributed by atoms with Gasteiger partial charge in [0.1, 0.15) is 6.26 Å². The molecule has 7 nitrogen and oxygen atoms in total. The number of aliphatic hydroxyl groups excluding tert-OH is 1. The van der Waals surface area contributed by atoms with Crippen LogP contribution in [0.1, 0.15) is 54.7 Å². The molecule has 1 aliphatic heterocycles. The summed E-state index contributed by atoms with van der Waals surface area (Å²) in [5.41, 5.74) is 1.36. The molecule has 164 valence electrons. The lowest BCUT2D eigenvalue weighted by Gasteiger charge is -2.35. The van der Waals surface area contributed by atoms with Gasteiger partial charge >= 0.3 is 0 Å². The van der Waals surface area contributed by atoms with Crippen LogP contribution < -0.4 is 0 Å². The number of nitrogens with zero attached hydrogens (tertiary/aromatic N) is 4. The van der Waals surface area contributed by atoms with Gasteiger partial charge in [0.05, 0.1) is 12.6 Å². The van der Waals surface area contributed by atoms with E-state index in [1.54, 1.807) is 0 Å². The highest BCUT2D eigenvalue weighted by molar-refractivity contribution is 5.91. The second-order valence-corrected chi connectivity index (χ2v) is 7.92. The van der Waals surface area contributed by atoms with Gasteiger partial charge in [-0.3, -0.25) is 14.6 Å². The van der Waals surface area contributed by atoms with E-state index in [9.17, 15) is 9.90 Å². The van der Waals surface area contributed by atoms with Crippen LogP contribution in [0.25, 0.3) is 0 Å². The molecule has 7 heteroatoms. The van der Waals surface area contributed by atoms with Crippen LogP contribution in [0.4, 0.5) is 0 Å². The number of amides is 1. The number of oxazole rings is 1. The molecule has 1 atom stereocenters. The average molecular weight is 415 g/mol. The monoisotopic (exact) mass is 414 g/mol. The Hall–Kier alpha value is -2.22. The second-order valence-electron chi connectivity index (χ2n) is 7.92. The van der Waals surface area contributed by atoms with Gasteiger partial charge in [0, 0.05) is 45.8 Å². The van der Waals surface area contributed by atoms with Gasteiger partial charge in [-0.05, 0) is 18.4 Å². The number of benzene rings is 1. The molecular formula is C23H34N4O3. The first-order valence-electron chi connectivity index (χ1n) is 11.0. The van der Waals surface area contributed by atoms with Crippen molar-refractivity contribution in [3.8, 4) is 0 Å². The number of aliphatic hydroxyl groups is 1. The van der Waals surface area contributed by atoms with E-state index < -0.39 is 6.10 Å². The molecule has 30 heavy (non-hydrogen) atoms. The van der Waals surface area contributed by atoms with Crippen LogP contribution in [-0.4, -0.2) is 76.5 Å². The third kappa shape index (κ3) is 6.14. The third-order valence-corrected chi connectivity index (χ3v) is 5.48. The summed E-state index contributed by atoms with van der Waals surface area (Å²) in [7, 11) is 0. The van der Waals surface area contributed by atoms with Crippen LogP contribution in [0, 0.1) is 0 Å². The smallest absolute Gasteiger partial charge is 0.275 e. The maximum Gasteiger partial charge on any atom is 0.275 e. The van der Waals surface area contributed by atoms with Gasteiger partial charge in [-0.15, -0.1) is 0 Å². The van der Waals surface area contributed by atoms with Crippen molar-refractivity contribution in [2.75, 3.05) is 45.8 Å². The second kappa shape index (κ2) is 11.2. The van der Waals surface area contributed by atoms with E-state index in [-0.39, 0.29) is 5.91 Å². The maximum atomic E-state index is 12.7. The molecule has 0 aliphatic carbocycles. The fraction of sp³-hybridized carbons (Fsp3) is 0.565. The number of carbonyl (C=O) groups excluding carboxylic acids is 1. The number of hydrogen-bond acceptors (Lipinski definition) is 6. The predicted octanol–water partition coefficient (Wildman–Crippen LogP) is 2.79. The molecule has 3 rings (SSSR count). The minimum atomic E-state index is -0.466. The molecule has 1 aromatic heterocycles. The van der Waals surface area contributed by atoms with Gasteiger partial charge in [0.25, 0.3) is 5.91 Å². The Morgan fingerprint density at radius 3 is 2.37 bits per heavy atom. The summed E-state index contributed by atoms with van der Waals surface area (Å²) in [4.78, 5) is 23.5. The van der Waals surface area contributed by atoms with Crippen molar-refractivity contribution < 1.29 is 14.3 Å². The lowest BCUT2D eigenvalue weighted by Crippen LogP contribution is -2.47. The van der Waals surface area contributed by atoms with Gasteiger partial charge in [0.15, 0.2) is 5.69 Å². The van der Waals surface area contributed by atoms with Crippen molar-refractivity contribution in [3.63, 3.8) is 0 Å². The molecule has 1 N–H and O–H groups in total. The summed E-state index contributed by atoms with van der Waals surface area (Å²) >= 11 is 0. The number of aromatic nitrogens is 1. The zero-order chi connectivity index (χ0) is 21.3. The van der Waals surface area contributed by atoms with Crippen LogP contribution >= 0.6 is 0 Å². The molecule has 0 radical (unpaired) electrons. The highest BCUT2D eigenvalue weighted by atomic mass is 16.3. The minimum absolute atomic E-state index is 0.0478. The van der Waals surface area contributed by atoms with Crippen molar-refractivity contribution in [1.29, 1.82) is 0 Å². The SMILES string of the molecule is CCCN(CCC)C(=O)c1coc(CN2CCN(C[C@@H](O)c3ccccc3)CC2)n1. The van der Waals surface area contributed by atoms with Crippen molar-refractivity contribution in [2.45, 2.75) is 39.3 Å². The molecular weight excluding hydrogens is 380 g/mol. The average Bonchev–Trinajstić information content (AvgIpc) is 3.23. The molecule has 0 saturated carbocycles. The van der Waals surface area contributed by atoms with Gasteiger partial charge in [-0.2, -0.15) is 0 Å². The topological polar surface area (TPSA) is 73.1 Å². The van der Waals surface area contributed by atoms with E-state index in [1.807, 2.05) is 35.2 Å². The number of β-amino-alcohol motifs (C(OH)–C–C–N with tert-alkyl or cyclic N) is 1. The fourth-order valence-corrected chi connectivity index (χ4v) is 3.84. The zero-order valence-corrected chi connectivity index (χ0v) is 18.2. The quantitative estimate of drug-likeness (QED) is 0.645. The first-order chi connectivity index (χ1) is 14.6. The number of carbonyl (C=O) groups is 1. The largest absolute Gasteiger partial charge is 0.447 e. The normalized spacial score (nSPS) is 16.5. The summed E-state index contributed by atoms with van der Waals surface area (Å²) in [6.07, 6.45) is 2.88. The molecule has 1 saturated heterocycles. The van der Waals surface area contributed by atoms with Crippen LogP contribution in [0.3, 0.4) is 0 Å². The Labute approximate surface area is 179 Å². The van der Waals surface area contributed by atoms with Crippen LogP contribution in [0.15, 0.2) is 41.0 Å². The molecule has 0 bridgehead atoms. The van der Waals surface area contributed by atoms with Crippen LogP contribution in [0.5, 0.6) is 0 Å². The molecule has 2 aromatic rings. The van der Waals surface area contributed by atoms with Gasteiger partial charge in [-0.25, -0.2) is 4.98 Å². The maximum absolute atomic E-state index is 12.7. The van der Waals surface area contributed by atoms with E-state index in [2.05, 4.69) is 28.6 Å². The molecule has 0 spiro atoms. The molecule has 2 heterocycles. The lowest BCUT2D eigenvalue weighted by atomic mass is 10.1. The highest BCUT2D eigenvalue weighted by Crippen LogP contribution is 2.16. The summed E-state index contributed by atoms with van der Waals surface area (Å²) < 4.78 is 5.59. The van der Waals surface area contributed by atoms with Gasteiger partial charge < -0.3 is 14.4 Å². The van der Waals surface area contributed by atoms with E-state index in [0.717, 1.165) is 57.7 Å². The van der Waals surface area contributed by atoms with E-state index >= 15 is 0 Å². The van der Waals surface area contributed by atoms with Crippen molar-refractivity contribution in [3.05, 3.63) is 53.7 Å². The fourth-order valence-electron chi connectivity index (χ4n) is 3.84. The van der Waals surface area contributed by atoms with Crippen molar-refractivity contribution in [1.82, 2.24) is 19.7 Å². The number of rotatable bonds is 10. The Bertz CT molecular complexity index is 766. The summed E-state index contributed by atoms with van der Waals surface area (Å²) in [5.74, 6) is 0.539.